The van der Waals surface area contributed by atoms with Crippen LogP contribution in [-0.4, -0.2) is 19.5 Å². The molecule has 0 spiro atoms. The number of aryl methyl sites for hydroxylation is 1. The summed E-state index contributed by atoms with van der Waals surface area (Å²) in [5.41, 5.74) is 2.41. The van der Waals surface area contributed by atoms with Crippen molar-refractivity contribution < 1.29 is 31.0 Å². The Bertz CT molecular complexity index is 593. The first-order valence-corrected chi connectivity index (χ1v) is 7.86. The van der Waals surface area contributed by atoms with Gasteiger partial charge in [0, 0.05) is 12.1 Å². The van der Waals surface area contributed by atoms with Gasteiger partial charge >= 0.3 is 0 Å². The maximum absolute atomic E-state index is 5.56. The minimum absolute atomic E-state index is 0. The summed E-state index contributed by atoms with van der Waals surface area (Å²) in [5, 5.41) is 0. The molecule has 4 heteroatoms. The van der Waals surface area contributed by atoms with Crippen molar-refractivity contribution >= 4 is 12.2 Å². The molecular formula is C19H22BrNO2. The Hall–Kier alpha value is -1.49. The van der Waals surface area contributed by atoms with Gasteiger partial charge in [-0.3, -0.25) is 0 Å². The van der Waals surface area contributed by atoms with E-state index in [4.69, 9.17) is 9.47 Å². The number of nitrogens with zero attached hydrogens (tertiary/aromatic N) is 1. The molecule has 1 fully saturated rings. The number of hydrogen-bond donors (Lipinski definition) is 0. The molecule has 0 atom stereocenters. The summed E-state index contributed by atoms with van der Waals surface area (Å²) >= 11 is 0. The second-order valence-electron chi connectivity index (χ2n) is 5.43. The molecule has 1 aromatic carbocycles. The van der Waals surface area contributed by atoms with Crippen molar-refractivity contribution in [3.8, 4) is 0 Å². The Morgan fingerprint density at radius 1 is 0.913 bits per heavy atom. The zero-order chi connectivity index (χ0) is 15.0. The number of ether oxygens (including phenoxy) is 2. The molecule has 3 rings (SSSR count). The summed E-state index contributed by atoms with van der Waals surface area (Å²) in [7, 11) is 0. The molecule has 1 aliphatic rings. The normalized spacial score (nSPS) is 15.5. The lowest BCUT2D eigenvalue weighted by molar-refractivity contribution is -0.699. The summed E-state index contributed by atoms with van der Waals surface area (Å²) < 4.78 is 13.3. The smallest absolute Gasteiger partial charge is 0.169 e. The van der Waals surface area contributed by atoms with E-state index in [1.165, 1.54) is 11.1 Å². The van der Waals surface area contributed by atoms with E-state index in [1.807, 2.05) is 18.2 Å². The van der Waals surface area contributed by atoms with Crippen LogP contribution in [0.25, 0.3) is 12.2 Å². The zero-order valence-electron chi connectivity index (χ0n) is 13.1. The minimum atomic E-state index is -0.0427. The quantitative estimate of drug-likeness (QED) is 0.701. The topological polar surface area (TPSA) is 22.3 Å². The van der Waals surface area contributed by atoms with Crippen LogP contribution in [0.4, 0.5) is 0 Å². The van der Waals surface area contributed by atoms with Gasteiger partial charge in [0.2, 0.25) is 0 Å². The molecule has 0 unspecified atom stereocenters. The van der Waals surface area contributed by atoms with E-state index in [0.717, 1.165) is 32.6 Å². The predicted octanol–water partition coefficient (Wildman–Crippen LogP) is 0.302. The van der Waals surface area contributed by atoms with Gasteiger partial charge in [-0.2, -0.15) is 0 Å². The Balaban J connectivity index is 0.00000192. The fourth-order valence-corrected chi connectivity index (χ4v) is 2.44. The van der Waals surface area contributed by atoms with Gasteiger partial charge < -0.3 is 26.5 Å². The molecule has 0 bridgehead atoms. The highest BCUT2D eigenvalue weighted by Crippen LogP contribution is 2.09. The van der Waals surface area contributed by atoms with Crippen molar-refractivity contribution in [1.29, 1.82) is 0 Å². The predicted molar refractivity (Wildman–Crippen MR) is 86.9 cm³/mol. The monoisotopic (exact) mass is 375 g/mol. The molecule has 1 aliphatic heterocycles. The van der Waals surface area contributed by atoms with E-state index in [1.54, 1.807) is 0 Å². The SMILES string of the molecule is C(=Cc1cc[n+](CCC2OCCCO2)cc1)c1ccccc1.[Br-]. The Kier molecular flexibility index (Phi) is 7.46. The number of halogens is 1. The van der Waals surface area contributed by atoms with Crippen molar-refractivity contribution in [1.82, 2.24) is 0 Å². The lowest BCUT2D eigenvalue weighted by Crippen LogP contribution is -3.00. The highest BCUT2D eigenvalue weighted by Gasteiger charge is 2.15. The molecule has 1 aromatic heterocycles. The number of benzene rings is 1. The van der Waals surface area contributed by atoms with Gasteiger partial charge in [-0.25, -0.2) is 4.57 Å². The lowest BCUT2D eigenvalue weighted by atomic mass is 10.1. The summed E-state index contributed by atoms with van der Waals surface area (Å²) in [4.78, 5) is 0. The minimum Gasteiger partial charge on any atom is -1.00 e. The van der Waals surface area contributed by atoms with Crippen LogP contribution >= 0.6 is 0 Å². The van der Waals surface area contributed by atoms with E-state index in [-0.39, 0.29) is 23.3 Å². The lowest BCUT2D eigenvalue weighted by Gasteiger charge is -2.21. The van der Waals surface area contributed by atoms with Crippen LogP contribution in [-0.2, 0) is 16.0 Å². The summed E-state index contributed by atoms with van der Waals surface area (Å²) in [6, 6.07) is 14.6. The molecule has 0 N–H and O–H groups in total. The third kappa shape index (κ3) is 5.90. The molecule has 2 heterocycles. The molecule has 1 saturated heterocycles. The van der Waals surface area contributed by atoms with Gasteiger partial charge in [-0.05, 0) is 17.5 Å². The van der Waals surface area contributed by atoms with Crippen molar-refractivity contribution in [3.63, 3.8) is 0 Å². The number of hydrogen-bond acceptors (Lipinski definition) is 2. The van der Waals surface area contributed by atoms with E-state index in [2.05, 4.69) is 53.4 Å². The maximum Gasteiger partial charge on any atom is 0.169 e. The first kappa shape index (κ1) is 17.9. The third-order valence-corrected chi connectivity index (χ3v) is 3.70. The Labute approximate surface area is 148 Å². The average Bonchev–Trinajstić information content (AvgIpc) is 2.61. The van der Waals surface area contributed by atoms with Crippen LogP contribution in [0.5, 0.6) is 0 Å². The Morgan fingerprint density at radius 2 is 1.52 bits per heavy atom. The van der Waals surface area contributed by atoms with Crippen molar-refractivity contribution in [2.45, 2.75) is 25.7 Å². The highest BCUT2D eigenvalue weighted by atomic mass is 79.9. The van der Waals surface area contributed by atoms with E-state index < -0.39 is 0 Å². The van der Waals surface area contributed by atoms with Crippen LogP contribution in [0, 0.1) is 0 Å². The first-order chi connectivity index (χ1) is 10.9. The van der Waals surface area contributed by atoms with Crippen LogP contribution in [0.1, 0.15) is 24.0 Å². The van der Waals surface area contributed by atoms with Gasteiger partial charge in [0.1, 0.15) is 0 Å². The van der Waals surface area contributed by atoms with Gasteiger partial charge in [-0.1, -0.05) is 42.5 Å². The zero-order valence-corrected chi connectivity index (χ0v) is 14.7. The van der Waals surface area contributed by atoms with E-state index in [9.17, 15) is 0 Å². The van der Waals surface area contributed by atoms with Crippen LogP contribution in [0.2, 0.25) is 0 Å². The summed E-state index contributed by atoms with van der Waals surface area (Å²) in [5.74, 6) is 0. The standard InChI is InChI=1S/C19H22NO2.BrH/c1-2-5-17(6-3-1)7-8-18-9-12-20(13-10-18)14-11-19-21-15-4-16-22-19;/h1-3,5-10,12-13,19H,4,11,14-16H2;1H/q+1;/p-1. The fraction of sp³-hybridized carbons (Fsp3) is 0.316. The van der Waals surface area contributed by atoms with Gasteiger partial charge in [-0.15, -0.1) is 0 Å². The second-order valence-corrected chi connectivity index (χ2v) is 5.43. The molecule has 23 heavy (non-hydrogen) atoms. The van der Waals surface area contributed by atoms with Gasteiger partial charge in [0.15, 0.2) is 25.2 Å². The van der Waals surface area contributed by atoms with Gasteiger partial charge in [0.05, 0.1) is 19.6 Å². The molecule has 0 saturated carbocycles. The number of aromatic nitrogens is 1. The molecule has 0 aliphatic carbocycles. The van der Waals surface area contributed by atoms with Crippen LogP contribution in [0.15, 0.2) is 54.9 Å². The average molecular weight is 376 g/mol. The van der Waals surface area contributed by atoms with E-state index >= 15 is 0 Å². The number of pyridine rings is 1. The Morgan fingerprint density at radius 3 is 2.17 bits per heavy atom. The number of rotatable bonds is 5. The van der Waals surface area contributed by atoms with E-state index in [0.29, 0.717) is 0 Å². The fourth-order valence-electron chi connectivity index (χ4n) is 2.44. The first-order valence-electron chi connectivity index (χ1n) is 7.86. The molecular weight excluding hydrogens is 354 g/mol. The highest BCUT2D eigenvalue weighted by molar-refractivity contribution is 5.68. The van der Waals surface area contributed by atoms with Crippen molar-refractivity contribution in [3.05, 3.63) is 66.0 Å². The molecule has 3 nitrogen and oxygen atoms in total. The molecule has 0 radical (unpaired) electrons. The molecule has 122 valence electrons. The third-order valence-electron chi connectivity index (χ3n) is 3.70. The van der Waals surface area contributed by atoms with Crippen molar-refractivity contribution in [2.24, 2.45) is 0 Å². The molecule has 2 aromatic rings. The molecule has 0 amide bonds. The van der Waals surface area contributed by atoms with Crippen LogP contribution in [0.3, 0.4) is 0 Å². The van der Waals surface area contributed by atoms with Crippen LogP contribution < -0.4 is 21.5 Å². The second kappa shape index (κ2) is 9.60. The van der Waals surface area contributed by atoms with Crippen molar-refractivity contribution in [2.75, 3.05) is 13.2 Å². The summed E-state index contributed by atoms with van der Waals surface area (Å²) in [6.07, 6.45) is 10.3. The van der Waals surface area contributed by atoms with Gasteiger partial charge in [0.25, 0.3) is 0 Å². The maximum atomic E-state index is 5.56. The summed E-state index contributed by atoms with van der Waals surface area (Å²) in [6.45, 7) is 2.55. The largest absolute Gasteiger partial charge is 1.00 e.